The predicted molar refractivity (Wildman–Crippen MR) is 68.1 cm³/mol. The van der Waals surface area contributed by atoms with Crippen molar-refractivity contribution >= 4 is 11.3 Å². The van der Waals surface area contributed by atoms with Crippen LogP contribution in [0.25, 0.3) is 0 Å². The van der Waals surface area contributed by atoms with Crippen molar-refractivity contribution in [1.82, 2.24) is 9.88 Å². The first-order chi connectivity index (χ1) is 7.54. The second kappa shape index (κ2) is 3.54. The summed E-state index contributed by atoms with van der Waals surface area (Å²) < 4.78 is 0. The second-order valence-electron chi connectivity index (χ2n) is 6.13. The van der Waals surface area contributed by atoms with Crippen molar-refractivity contribution in [3.63, 3.8) is 0 Å². The Morgan fingerprint density at radius 1 is 1.25 bits per heavy atom. The van der Waals surface area contributed by atoms with Crippen molar-refractivity contribution in [1.29, 1.82) is 0 Å². The molecule has 1 aromatic rings. The largest absolute Gasteiger partial charge is 0.297 e. The SMILES string of the molecule is CC(C)(C)c1nc2c(s1)C1CCN(CC1)C2. The Morgan fingerprint density at radius 2 is 1.94 bits per heavy atom. The van der Waals surface area contributed by atoms with Crippen LogP contribution in [-0.2, 0) is 12.0 Å². The summed E-state index contributed by atoms with van der Waals surface area (Å²) >= 11 is 1.98. The van der Waals surface area contributed by atoms with Gasteiger partial charge >= 0.3 is 0 Å². The average Bonchev–Trinajstić information content (AvgIpc) is 2.50. The first-order valence-electron chi connectivity index (χ1n) is 6.26. The number of thiazole rings is 1. The van der Waals surface area contributed by atoms with E-state index >= 15 is 0 Å². The van der Waals surface area contributed by atoms with Gasteiger partial charge in [-0.25, -0.2) is 4.98 Å². The highest BCUT2D eigenvalue weighted by molar-refractivity contribution is 7.12. The van der Waals surface area contributed by atoms with E-state index in [1.54, 1.807) is 4.88 Å². The Hall–Kier alpha value is -0.410. The Labute approximate surface area is 102 Å². The minimum absolute atomic E-state index is 0.214. The third-order valence-electron chi connectivity index (χ3n) is 3.70. The van der Waals surface area contributed by atoms with Crippen LogP contribution >= 0.6 is 11.3 Å². The zero-order chi connectivity index (χ0) is 11.3. The Bertz CT molecular complexity index is 395. The predicted octanol–water partition coefficient (Wildman–Crippen LogP) is 3.13. The Morgan fingerprint density at radius 3 is 2.56 bits per heavy atom. The molecule has 2 bridgehead atoms. The maximum absolute atomic E-state index is 4.90. The molecule has 0 unspecified atom stereocenters. The molecule has 0 saturated carbocycles. The molecule has 0 radical (unpaired) electrons. The highest BCUT2D eigenvalue weighted by atomic mass is 32.1. The molecule has 4 heterocycles. The second-order valence-corrected chi connectivity index (χ2v) is 7.16. The van der Waals surface area contributed by atoms with Crippen LogP contribution in [0, 0.1) is 0 Å². The van der Waals surface area contributed by atoms with Crippen LogP contribution in [0.1, 0.15) is 55.1 Å². The smallest absolute Gasteiger partial charge is 0.0985 e. The molecule has 88 valence electrons. The molecule has 0 amide bonds. The molecule has 4 rings (SSSR count). The van der Waals surface area contributed by atoms with E-state index in [0.29, 0.717) is 0 Å². The van der Waals surface area contributed by atoms with Gasteiger partial charge in [-0.05, 0) is 31.8 Å². The van der Waals surface area contributed by atoms with Crippen molar-refractivity contribution in [3.8, 4) is 0 Å². The van der Waals surface area contributed by atoms with Crippen molar-refractivity contribution < 1.29 is 0 Å². The number of rotatable bonds is 0. The molecular weight excluding hydrogens is 216 g/mol. The van der Waals surface area contributed by atoms with Crippen LogP contribution in [0.15, 0.2) is 0 Å². The molecule has 3 heteroatoms. The van der Waals surface area contributed by atoms with E-state index in [9.17, 15) is 0 Å². The summed E-state index contributed by atoms with van der Waals surface area (Å²) in [6.07, 6.45) is 2.69. The van der Waals surface area contributed by atoms with E-state index < -0.39 is 0 Å². The van der Waals surface area contributed by atoms with Gasteiger partial charge in [0.25, 0.3) is 0 Å². The number of hydrogen-bond acceptors (Lipinski definition) is 3. The molecule has 1 fully saturated rings. The minimum atomic E-state index is 0.214. The number of nitrogens with zero attached hydrogens (tertiary/aromatic N) is 2. The molecule has 2 nitrogen and oxygen atoms in total. The van der Waals surface area contributed by atoms with E-state index in [2.05, 4.69) is 25.7 Å². The van der Waals surface area contributed by atoms with Gasteiger partial charge < -0.3 is 0 Å². The van der Waals surface area contributed by atoms with E-state index in [1.165, 1.54) is 36.6 Å². The fraction of sp³-hybridized carbons (Fsp3) is 0.769. The third-order valence-corrected chi connectivity index (χ3v) is 5.39. The molecular formula is C13H20N2S. The monoisotopic (exact) mass is 236 g/mol. The molecule has 0 N–H and O–H groups in total. The van der Waals surface area contributed by atoms with Crippen molar-refractivity contribution in [2.45, 2.75) is 51.5 Å². The molecule has 1 saturated heterocycles. The lowest BCUT2D eigenvalue weighted by molar-refractivity contribution is 0.219. The standard InChI is InChI=1S/C13H20N2S/c1-13(2,3)12-14-10-8-15-6-4-9(5-7-15)11(10)16-12/h9H,4-8H2,1-3H3. The Kier molecular flexibility index (Phi) is 2.37. The van der Waals surface area contributed by atoms with Crippen LogP contribution in [0.5, 0.6) is 0 Å². The third kappa shape index (κ3) is 1.70. The van der Waals surface area contributed by atoms with E-state index in [4.69, 9.17) is 4.98 Å². The highest BCUT2D eigenvalue weighted by Gasteiger charge is 2.32. The van der Waals surface area contributed by atoms with Crippen LogP contribution in [0.2, 0.25) is 0 Å². The van der Waals surface area contributed by atoms with Gasteiger partial charge in [-0.3, -0.25) is 4.90 Å². The molecule has 0 aliphatic carbocycles. The maximum atomic E-state index is 4.90. The van der Waals surface area contributed by atoms with Crippen LogP contribution in [0.4, 0.5) is 0 Å². The van der Waals surface area contributed by atoms with Gasteiger partial charge in [0.2, 0.25) is 0 Å². The molecule has 3 aliphatic heterocycles. The van der Waals surface area contributed by atoms with Gasteiger partial charge in [0.1, 0.15) is 0 Å². The fourth-order valence-corrected chi connectivity index (χ4v) is 3.98. The number of hydrogen-bond donors (Lipinski definition) is 0. The first-order valence-corrected chi connectivity index (χ1v) is 7.08. The summed E-state index contributed by atoms with van der Waals surface area (Å²) in [5.41, 5.74) is 1.60. The molecule has 0 aromatic carbocycles. The van der Waals surface area contributed by atoms with Gasteiger partial charge in [-0.15, -0.1) is 11.3 Å². The van der Waals surface area contributed by atoms with Gasteiger partial charge in [0, 0.05) is 16.8 Å². The summed E-state index contributed by atoms with van der Waals surface area (Å²) in [7, 11) is 0. The minimum Gasteiger partial charge on any atom is -0.297 e. The van der Waals surface area contributed by atoms with Crippen LogP contribution in [0.3, 0.4) is 0 Å². The van der Waals surface area contributed by atoms with Crippen molar-refractivity contribution in [2.75, 3.05) is 13.1 Å². The van der Waals surface area contributed by atoms with Gasteiger partial charge in [0.05, 0.1) is 10.7 Å². The lowest BCUT2D eigenvalue weighted by atomic mass is 9.97. The van der Waals surface area contributed by atoms with E-state index in [-0.39, 0.29) is 5.41 Å². The topological polar surface area (TPSA) is 16.1 Å². The lowest BCUT2D eigenvalue weighted by Crippen LogP contribution is -2.29. The van der Waals surface area contributed by atoms with Gasteiger partial charge in [-0.1, -0.05) is 20.8 Å². The van der Waals surface area contributed by atoms with Crippen LogP contribution < -0.4 is 0 Å². The molecule has 1 aromatic heterocycles. The first kappa shape index (κ1) is 10.7. The lowest BCUT2D eigenvalue weighted by Gasteiger charge is -2.26. The quantitative estimate of drug-likeness (QED) is 0.688. The molecule has 0 atom stereocenters. The summed E-state index contributed by atoms with van der Waals surface area (Å²) in [5, 5.41) is 1.33. The zero-order valence-electron chi connectivity index (χ0n) is 10.4. The highest BCUT2D eigenvalue weighted by Crippen LogP contribution is 2.41. The summed E-state index contributed by atoms with van der Waals surface area (Å²) in [6.45, 7) is 10.5. The van der Waals surface area contributed by atoms with Crippen molar-refractivity contribution in [3.05, 3.63) is 15.6 Å². The molecule has 16 heavy (non-hydrogen) atoms. The van der Waals surface area contributed by atoms with E-state index in [0.717, 1.165) is 12.5 Å². The Balaban J connectivity index is 2.02. The summed E-state index contributed by atoms with van der Waals surface area (Å²) in [4.78, 5) is 9.07. The van der Waals surface area contributed by atoms with E-state index in [1.807, 2.05) is 11.3 Å². The van der Waals surface area contributed by atoms with Crippen LogP contribution in [-0.4, -0.2) is 23.0 Å². The van der Waals surface area contributed by atoms with Crippen molar-refractivity contribution in [2.24, 2.45) is 0 Å². The normalized spacial score (nSPS) is 28.9. The number of fused-ring (bicyclic) bond motifs is 2. The van der Waals surface area contributed by atoms with Gasteiger partial charge in [-0.2, -0.15) is 0 Å². The zero-order valence-corrected chi connectivity index (χ0v) is 11.2. The maximum Gasteiger partial charge on any atom is 0.0985 e. The number of aromatic nitrogens is 1. The average molecular weight is 236 g/mol. The number of piperidine rings is 1. The molecule has 0 spiro atoms. The summed E-state index contributed by atoms with van der Waals surface area (Å²) in [5.74, 6) is 0.808. The van der Waals surface area contributed by atoms with Gasteiger partial charge in [0.15, 0.2) is 0 Å². The fourth-order valence-electron chi connectivity index (χ4n) is 2.68. The summed E-state index contributed by atoms with van der Waals surface area (Å²) in [6, 6.07) is 0. The molecule has 3 aliphatic rings.